The third-order valence-electron chi connectivity index (χ3n) is 4.40. The van der Waals surface area contributed by atoms with Gasteiger partial charge in [-0.25, -0.2) is 4.98 Å². The Bertz CT molecular complexity index is 881. The van der Waals surface area contributed by atoms with E-state index in [2.05, 4.69) is 27.0 Å². The molecule has 0 spiro atoms. The molecule has 25 heavy (non-hydrogen) atoms. The van der Waals surface area contributed by atoms with Gasteiger partial charge in [0, 0.05) is 30.4 Å². The molecule has 0 aliphatic heterocycles. The van der Waals surface area contributed by atoms with Gasteiger partial charge in [-0.3, -0.25) is 4.79 Å². The zero-order chi connectivity index (χ0) is 17.8. The first-order valence-electron chi connectivity index (χ1n) is 8.50. The van der Waals surface area contributed by atoms with Crippen molar-refractivity contribution in [3.05, 3.63) is 82.9 Å². The van der Waals surface area contributed by atoms with Crippen molar-refractivity contribution in [1.82, 2.24) is 14.9 Å². The summed E-state index contributed by atoms with van der Waals surface area (Å²) in [6.07, 6.45) is 2.74. The fourth-order valence-electron chi connectivity index (χ4n) is 2.79. The summed E-state index contributed by atoms with van der Waals surface area (Å²) in [5, 5.41) is 2.97. The van der Waals surface area contributed by atoms with Crippen LogP contribution in [-0.4, -0.2) is 22.0 Å². The second-order valence-electron chi connectivity index (χ2n) is 6.29. The minimum Gasteiger partial charge on any atom is -0.352 e. The Morgan fingerprint density at radius 1 is 1.04 bits per heavy atom. The van der Waals surface area contributed by atoms with Gasteiger partial charge in [-0.15, -0.1) is 0 Å². The Balaban J connectivity index is 1.61. The Kier molecular flexibility index (Phi) is 4.98. The second kappa shape index (κ2) is 7.34. The molecule has 128 valence electrons. The van der Waals surface area contributed by atoms with Gasteiger partial charge in [0.15, 0.2) is 0 Å². The fourth-order valence-corrected chi connectivity index (χ4v) is 2.79. The molecule has 0 bridgehead atoms. The number of nitrogens with one attached hydrogen (secondary N) is 1. The van der Waals surface area contributed by atoms with Crippen LogP contribution in [0.25, 0.3) is 5.69 Å². The summed E-state index contributed by atoms with van der Waals surface area (Å²) in [6, 6.07) is 15.9. The molecule has 1 amide bonds. The van der Waals surface area contributed by atoms with Crippen LogP contribution in [0.15, 0.2) is 54.7 Å². The van der Waals surface area contributed by atoms with Crippen LogP contribution >= 0.6 is 0 Å². The predicted octanol–water partition coefficient (Wildman–Crippen LogP) is 3.77. The third kappa shape index (κ3) is 3.97. The standard InChI is InChI=1S/C21H23N3O/c1-15-9-10-18(13-16(15)2)21(25)22-12-11-19-14-24(17(3)23-19)20-7-5-4-6-8-20/h4-10,13-14H,11-12H2,1-3H3,(H,22,25). The van der Waals surface area contributed by atoms with Crippen LogP contribution in [0.2, 0.25) is 0 Å². The number of para-hydroxylation sites is 1. The number of aryl methyl sites for hydroxylation is 3. The van der Waals surface area contributed by atoms with E-state index in [-0.39, 0.29) is 5.91 Å². The van der Waals surface area contributed by atoms with Crippen LogP contribution in [0.3, 0.4) is 0 Å². The van der Waals surface area contributed by atoms with Crippen LogP contribution in [0.4, 0.5) is 0 Å². The summed E-state index contributed by atoms with van der Waals surface area (Å²) < 4.78 is 2.07. The van der Waals surface area contributed by atoms with Gasteiger partial charge in [0.25, 0.3) is 5.91 Å². The summed E-state index contributed by atoms with van der Waals surface area (Å²) in [5.41, 5.74) is 5.09. The van der Waals surface area contributed by atoms with Gasteiger partial charge in [-0.05, 0) is 56.2 Å². The predicted molar refractivity (Wildman–Crippen MR) is 100 cm³/mol. The molecule has 1 heterocycles. The van der Waals surface area contributed by atoms with Gasteiger partial charge >= 0.3 is 0 Å². The van der Waals surface area contributed by atoms with Crippen molar-refractivity contribution < 1.29 is 4.79 Å². The zero-order valence-corrected chi connectivity index (χ0v) is 14.9. The van der Waals surface area contributed by atoms with Crippen molar-refractivity contribution in [1.29, 1.82) is 0 Å². The fraction of sp³-hybridized carbons (Fsp3) is 0.238. The highest BCUT2D eigenvalue weighted by atomic mass is 16.1. The summed E-state index contributed by atoms with van der Waals surface area (Å²) in [4.78, 5) is 16.8. The zero-order valence-electron chi connectivity index (χ0n) is 14.9. The van der Waals surface area contributed by atoms with Crippen molar-refractivity contribution in [3.8, 4) is 5.69 Å². The normalized spacial score (nSPS) is 10.7. The lowest BCUT2D eigenvalue weighted by atomic mass is 10.1. The van der Waals surface area contributed by atoms with Crippen molar-refractivity contribution in [2.24, 2.45) is 0 Å². The van der Waals surface area contributed by atoms with Crippen LogP contribution in [0.1, 0.15) is 33.0 Å². The largest absolute Gasteiger partial charge is 0.352 e. The Labute approximate surface area is 148 Å². The van der Waals surface area contributed by atoms with E-state index in [0.717, 1.165) is 22.8 Å². The molecule has 4 heteroatoms. The first kappa shape index (κ1) is 17.0. The van der Waals surface area contributed by atoms with Gasteiger partial charge in [-0.2, -0.15) is 0 Å². The number of carbonyl (C=O) groups is 1. The van der Waals surface area contributed by atoms with Crippen LogP contribution in [-0.2, 0) is 6.42 Å². The average Bonchev–Trinajstić information content (AvgIpc) is 2.98. The molecule has 4 nitrogen and oxygen atoms in total. The highest BCUT2D eigenvalue weighted by molar-refractivity contribution is 5.94. The molecule has 3 rings (SSSR count). The van der Waals surface area contributed by atoms with Crippen molar-refractivity contribution in [3.63, 3.8) is 0 Å². The maximum atomic E-state index is 12.3. The topological polar surface area (TPSA) is 46.9 Å². The molecule has 0 atom stereocenters. The molecule has 0 unspecified atom stereocenters. The summed E-state index contributed by atoms with van der Waals surface area (Å²) in [5.74, 6) is 0.906. The maximum Gasteiger partial charge on any atom is 0.251 e. The molecule has 1 N–H and O–H groups in total. The Morgan fingerprint density at radius 2 is 1.80 bits per heavy atom. The first-order chi connectivity index (χ1) is 12.0. The number of nitrogens with zero attached hydrogens (tertiary/aromatic N) is 2. The number of rotatable bonds is 5. The molecule has 0 saturated heterocycles. The van der Waals surface area contributed by atoms with Crippen molar-refractivity contribution >= 4 is 5.91 Å². The summed E-state index contributed by atoms with van der Waals surface area (Å²) in [7, 11) is 0. The molecule has 1 aromatic heterocycles. The highest BCUT2D eigenvalue weighted by Gasteiger charge is 2.08. The van der Waals surface area contributed by atoms with Crippen molar-refractivity contribution in [2.75, 3.05) is 6.54 Å². The van der Waals surface area contributed by atoms with Crippen LogP contribution in [0, 0.1) is 20.8 Å². The monoisotopic (exact) mass is 333 g/mol. The lowest BCUT2D eigenvalue weighted by Crippen LogP contribution is -2.25. The third-order valence-corrected chi connectivity index (χ3v) is 4.40. The molecule has 2 aromatic carbocycles. The number of amides is 1. The maximum absolute atomic E-state index is 12.3. The minimum atomic E-state index is -0.0395. The van der Waals surface area contributed by atoms with Gasteiger partial charge < -0.3 is 9.88 Å². The number of carbonyl (C=O) groups excluding carboxylic acids is 1. The second-order valence-corrected chi connectivity index (χ2v) is 6.29. The lowest BCUT2D eigenvalue weighted by molar-refractivity contribution is 0.0954. The first-order valence-corrected chi connectivity index (χ1v) is 8.50. The minimum absolute atomic E-state index is 0.0395. The summed E-state index contributed by atoms with van der Waals surface area (Å²) in [6.45, 7) is 6.62. The van der Waals surface area contributed by atoms with E-state index >= 15 is 0 Å². The van der Waals surface area contributed by atoms with Crippen molar-refractivity contribution in [2.45, 2.75) is 27.2 Å². The quantitative estimate of drug-likeness (QED) is 0.772. The van der Waals surface area contributed by atoms with Crippen LogP contribution in [0.5, 0.6) is 0 Å². The summed E-state index contributed by atoms with van der Waals surface area (Å²) >= 11 is 0. The van der Waals surface area contributed by atoms with E-state index in [9.17, 15) is 4.79 Å². The van der Waals surface area contributed by atoms with Gasteiger partial charge in [-0.1, -0.05) is 24.3 Å². The molecule has 0 saturated carbocycles. The van der Waals surface area contributed by atoms with E-state index in [1.54, 1.807) is 0 Å². The number of benzene rings is 2. The number of hydrogen-bond acceptors (Lipinski definition) is 2. The average molecular weight is 333 g/mol. The van der Waals surface area contributed by atoms with E-state index in [0.29, 0.717) is 18.5 Å². The number of aromatic nitrogens is 2. The molecule has 0 aliphatic rings. The SMILES string of the molecule is Cc1ccc(C(=O)NCCc2cn(-c3ccccc3)c(C)n2)cc1C. The van der Waals surface area contributed by atoms with Gasteiger partial charge in [0.05, 0.1) is 5.69 Å². The van der Waals surface area contributed by atoms with Gasteiger partial charge in [0.2, 0.25) is 0 Å². The van der Waals surface area contributed by atoms with E-state index in [1.807, 2.05) is 63.4 Å². The van der Waals surface area contributed by atoms with E-state index in [1.165, 1.54) is 5.56 Å². The molecule has 0 radical (unpaired) electrons. The Morgan fingerprint density at radius 3 is 2.52 bits per heavy atom. The Hall–Kier alpha value is -2.88. The highest BCUT2D eigenvalue weighted by Crippen LogP contribution is 2.12. The molecule has 3 aromatic rings. The van der Waals surface area contributed by atoms with Gasteiger partial charge in [0.1, 0.15) is 5.82 Å². The van der Waals surface area contributed by atoms with E-state index < -0.39 is 0 Å². The lowest BCUT2D eigenvalue weighted by Gasteiger charge is -2.06. The smallest absolute Gasteiger partial charge is 0.251 e. The number of imidazole rings is 1. The molecular formula is C21H23N3O. The molecular weight excluding hydrogens is 310 g/mol. The van der Waals surface area contributed by atoms with Crippen LogP contribution < -0.4 is 5.32 Å². The molecule has 0 aliphatic carbocycles. The molecule has 0 fully saturated rings. The number of hydrogen-bond donors (Lipinski definition) is 1. The van der Waals surface area contributed by atoms with E-state index in [4.69, 9.17) is 0 Å².